The number of rotatable bonds is 6. The standard InChI is InChI=1S/C15H22O2/c1-5-13(6-2)10-17-15-8-7-11(3)9-14(15)12(4)16/h7-9,13H,5-6,10H2,1-4H3. The molecule has 0 unspecified atom stereocenters. The molecule has 1 aromatic rings. The molecule has 2 nitrogen and oxygen atoms in total. The molecule has 2 heteroatoms. The Bertz CT molecular complexity index is 379. The molecule has 1 rings (SSSR count). The zero-order chi connectivity index (χ0) is 12.8. The van der Waals surface area contributed by atoms with Crippen LogP contribution in [0.5, 0.6) is 5.75 Å². The van der Waals surface area contributed by atoms with Crippen LogP contribution in [0.1, 0.15) is 49.5 Å². The lowest BCUT2D eigenvalue weighted by Crippen LogP contribution is -2.11. The van der Waals surface area contributed by atoms with E-state index in [1.54, 1.807) is 6.92 Å². The Morgan fingerprint density at radius 1 is 1.29 bits per heavy atom. The third-order valence-electron chi connectivity index (χ3n) is 3.14. The van der Waals surface area contributed by atoms with Crippen LogP contribution < -0.4 is 4.74 Å². The largest absolute Gasteiger partial charge is 0.493 e. The van der Waals surface area contributed by atoms with E-state index in [0.717, 1.165) is 24.2 Å². The topological polar surface area (TPSA) is 26.3 Å². The maximum absolute atomic E-state index is 11.5. The summed E-state index contributed by atoms with van der Waals surface area (Å²) in [6.45, 7) is 8.59. The molecule has 0 spiro atoms. The SMILES string of the molecule is CCC(CC)COc1ccc(C)cc1C(C)=O. The quantitative estimate of drug-likeness (QED) is 0.695. The highest BCUT2D eigenvalue weighted by Crippen LogP contribution is 2.22. The van der Waals surface area contributed by atoms with Crippen molar-refractivity contribution in [1.29, 1.82) is 0 Å². The van der Waals surface area contributed by atoms with Crippen molar-refractivity contribution in [2.75, 3.05) is 6.61 Å². The van der Waals surface area contributed by atoms with Gasteiger partial charge in [-0.2, -0.15) is 0 Å². The third kappa shape index (κ3) is 3.88. The van der Waals surface area contributed by atoms with Crippen LogP contribution in [0.3, 0.4) is 0 Å². The summed E-state index contributed by atoms with van der Waals surface area (Å²) >= 11 is 0. The van der Waals surface area contributed by atoms with Gasteiger partial charge in [-0.1, -0.05) is 38.3 Å². The molecule has 0 radical (unpaired) electrons. The van der Waals surface area contributed by atoms with E-state index < -0.39 is 0 Å². The van der Waals surface area contributed by atoms with Gasteiger partial charge in [0.25, 0.3) is 0 Å². The summed E-state index contributed by atoms with van der Waals surface area (Å²) in [5, 5.41) is 0. The summed E-state index contributed by atoms with van der Waals surface area (Å²) in [4.78, 5) is 11.5. The summed E-state index contributed by atoms with van der Waals surface area (Å²) in [6, 6.07) is 5.77. The predicted octanol–water partition coefficient (Wildman–Crippen LogP) is 4.01. The smallest absolute Gasteiger partial charge is 0.163 e. The minimum absolute atomic E-state index is 0.0632. The van der Waals surface area contributed by atoms with Gasteiger partial charge in [0.1, 0.15) is 5.75 Å². The monoisotopic (exact) mass is 234 g/mol. The van der Waals surface area contributed by atoms with Crippen molar-refractivity contribution in [3.63, 3.8) is 0 Å². The number of Topliss-reactive ketones (excluding diaryl/α,β-unsaturated/α-hetero) is 1. The van der Waals surface area contributed by atoms with Crippen molar-refractivity contribution in [1.82, 2.24) is 0 Å². The van der Waals surface area contributed by atoms with Crippen LogP contribution in [0, 0.1) is 12.8 Å². The minimum Gasteiger partial charge on any atom is -0.493 e. The second-order valence-corrected chi connectivity index (χ2v) is 4.55. The van der Waals surface area contributed by atoms with Gasteiger partial charge in [-0.05, 0) is 31.9 Å². The highest BCUT2D eigenvalue weighted by Gasteiger charge is 2.10. The van der Waals surface area contributed by atoms with Gasteiger partial charge in [-0.25, -0.2) is 0 Å². The van der Waals surface area contributed by atoms with Gasteiger partial charge >= 0.3 is 0 Å². The minimum atomic E-state index is 0.0632. The fourth-order valence-corrected chi connectivity index (χ4v) is 1.78. The average molecular weight is 234 g/mol. The van der Waals surface area contributed by atoms with Crippen molar-refractivity contribution < 1.29 is 9.53 Å². The van der Waals surface area contributed by atoms with E-state index in [4.69, 9.17) is 4.74 Å². The molecule has 0 amide bonds. The number of hydrogen-bond acceptors (Lipinski definition) is 2. The van der Waals surface area contributed by atoms with Crippen molar-refractivity contribution in [2.24, 2.45) is 5.92 Å². The first kappa shape index (κ1) is 13.8. The Labute approximate surface area is 104 Å². The summed E-state index contributed by atoms with van der Waals surface area (Å²) < 4.78 is 5.78. The van der Waals surface area contributed by atoms with Crippen LogP contribution in [-0.4, -0.2) is 12.4 Å². The van der Waals surface area contributed by atoms with E-state index >= 15 is 0 Å². The molecule has 0 aliphatic rings. The molecule has 0 N–H and O–H groups in total. The summed E-state index contributed by atoms with van der Waals surface area (Å²) in [6.07, 6.45) is 2.22. The van der Waals surface area contributed by atoms with E-state index in [1.165, 1.54) is 0 Å². The average Bonchev–Trinajstić information content (AvgIpc) is 2.31. The number of hydrogen-bond donors (Lipinski definition) is 0. The summed E-state index contributed by atoms with van der Waals surface area (Å²) in [7, 11) is 0. The molecule has 0 aliphatic carbocycles. The van der Waals surface area contributed by atoms with E-state index in [-0.39, 0.29) is 5.78 Å². The zero-order valence-corrected chi connectivity index (χ0v) is 11.2. The highest BCUT2D eigenvalue weighted by atomic mass is 16.5. The summed E-state index contributed by atoms with van der Waals surface area (Å²) in [5.74, 6) is 1.35. The molecule has 0 aliphatic heterocycles. The normalized spacial score (nSPS) is 10.6. The number of aryl methyl sites for hydroxylation is 1. The van der Waals surface area contributed by atoms with Crippen molar-refractivity contribution in [3.8, 4) is 5.75 Å². The van der Waals surface area contributed by atoms with Crippen LogP contribution in [0.15, 0.2) is 18.2 Å². The first-order valence-corrected chi connectivity index (χ1v) is 6.32. The van der Waals surface area contributed by atoms with Gasteiger partial charge in [0, 0.05) is 0 Å². The lowest BCUT2D eigenvalue weighted by molar-refractivity contribution is 0.101. The fraction of sp³-hybridized carbons (Fsp3) is 0.533. The zero-order valence-electron chi connectivity index (χ0n) is 11.2. The lowest BCUT2D eigenvalue weighted by atomic mass is 10.0. The predicted molar refractivity (Wildman–Crippen MR) is 70.8 cm³/mol. The molecule has 1 aromatic carbocycles. The van der Waals surface area contributed by atoms with E-state index in [1.807, 2.05) is 25.1 Å². The number of carbonyl (C=O) groups is 1. The molecule has 0 bridgehead atoms. The highest BCUT2D eigenvalue weighted by molar-refractivity contribution is 5.97. The molecular weight excluding hydrogens is 212 g/mol. The maximum atomic E-state index is 11.5. The Morgan fingerprint density at radius 3 is 2.47 bits per heavy atom. The van der Waals surface area contributed by atoms with Gasteiger partial charge in [0.05, 0.1) is 12.2 Å². The van der Waals surface area contributed by atoms with Gasteiger partial charge in [0.2, 0.25) is 0 Å². The van der Waals surface area contributed by atoms with Crippen LogP contribution >= 0.6 is 0 Å². The molecule has 0 saturated carbocycles. The molecule has 17 heavy (non-hydrogen) atoms. The number of ether oxygens (including phenoxy) is 1. The third-order valence-corrected chi connectivity index (χ3v) is 3.14. The molecule has 0 aromatic heterocycles. The van der Waals surface area contributed by atoms with Crippen molar-refractivity contribution >= 4 is 5.78 Å². The van der Waals surface area contributed by atoms with Crippen molar-refractivity contribution in [3.05, 3.63) is 29.3 Å². The number of carbonyl (C=O) groups excluding carboxylic acids is 1. The maximum Gasteiger partial charge on any atom is 0.163 e. The van der Waals surface area contributed by atoms with Crippen molar-refractivity contribution in [2.45, 2.75) is 40.5 Å². The first-order valence-electron chi connectivity index (χ1n) is 6.32. The van der Waals surface area contributed by atoms with Gasteiger partial charge in [0.15, 0.2) is 5.78 Å². The Morgan fingerprint density at radius 2 is 1.94 bits per heavy atom. The number of ketones is 1. The summed E-state index contributed by atoms with van der Waals surface area (Å²) in [5.41, 5.74) is 1.78. The second kappa shape index (κ2) is 6.43. The molecular formula is C15H22O2. The molecule has 0 heterocycles. The van der Waals surface area contributed by atoms with Crippen LogP contribution in [0.2, 0.25) is 0 Å². The second-order valence-electron chi connectivity index (χ2n) is 4.55. The van der Waals surface area contributed by atoms with Crippen LogP contribution in [0.4, 0.5) is 0 Å². The molecule has 0 fully saturated rings. The van der Waals surface area contributed by atoms with E-state index in [2.05, 4.69) is 13.8 Å². The number of benzene rings is 1. The Balaban J connectivity index is 2.80. The van der Waals surface area contributed by atoms with Crippen LogP contribution in [-0.2, 0) is 0 Å². The lowest BCUT2D eigenvalue weighted by Gasteiger charge is -2.15. The molecule has 0 atom stereocenters. The van der Waals surface area contributed by atoms with E-state index in [9.17, 15) is 4.79 Å². The Hall–Kier alpha value is -1.31. The van der Waals surface area contributed by atoms with Crippen LogP contribution in [0.25, 0.3) is 0 Å². The Kier molecular flexibility index (Phi) is 5.20. The first-order chi connectivity index (χ1) is 8.08. The van der Waals surface area contributed by atoms with Gasteiger partial charge < -0.3 is 4.74 Å². The molecule has 94 valence electrons. The molecule has 0 saturated heterocycles. The van der Waals surface area contributed by atoms with Gasteiger partial charge in [-0.15, -0.1) is 0 Å². The van der Waals surface area contributed by atoms with Gasteiger partial charge in [-0.3, -0.25) is 4.79 Å². The fourth-order valence-electron chi connectivity index (χ4n) is 1.78. The van der Waals surface area contributed by atoms with E-state index in [0.29, 0.717) is 18.1 Å².